The van der Waals surface area contributed by atoms with Crippen LogP contribution in [0.4, 0.5) is 0 Å². The minimum atomic E-state index is -0.865. The maximum Gasteiger partial charge on any atom is 0.335 e. The summed E-state index contributed by atoms with van der Waals surface area (Å²) in [6.07, 6.45) is 0.952. The molecule has 1 atom stereocenters. The first kappa shape index (κ1) is 13.1. The van der Waals surface area contributed by atoms with E-state index in [9.17, 15) is 4.79 Å². The second kappa shape index (κ2) is 6.55. The Morgan fingerprint density at radius 1 is 1.50 bits per heavy atom. The third kappa shape index (κ3) is 3.87. The Bertz CT molecular complexity index is 355. The van der Waals surface area contributed by atoms with Gasteiger partial charge in [-0.1, -0.05) is 25.1 Å². The molecule has 1 aromatic rings. The van der Waals surface area contributed by atoms with Crippen molar-refractivity contribution in [1.82, 2.24) is 0 Å². The van der Waals surface area contributed by atoms with Crippen molar-refractivity contribution in [2.24, 2.45) is 5.73 Å². The molecule has 0 aliphatic heterocycles. The SMILES string of the molecule is CCC(N)CSCc1ccccc1C(=O)O. The third-order valence-electron chi connectivity index (χ3n) is 2.36. The van der Waals surface area contributed by atoms with Crippen LogP contribution in [0.2, 0.25) is 0 Å². The fourth-order valence-corrected chi connectivity index (χ4v) is 2.42. The van der Waals surface area contributed by atoms with Crippen LogP contribution in [-0.2, 0) is 5.75 Å². The van der Waals surface area contributed by atoms with Crippen LogP contribution in [0.25, 0.3) is 0 Å². The van der Waals surface area contributed by atoms with Crippen molar-refractivity contribution < 1.29 is 9.90 Å². The van der Waals surface area contributed by atoms with Gasteiger partial charge in [0, 0.05) is 17.5 Å². The maximum absolute atomic E-state index is 10.9. The summed E-state index contributed by atoms with van der Waals surface area (Å²) in [5.74, 6) is 0.705. The summed E-state index contributed by atoms with van der Waals surface area (Å²) in [7, 11) is 0. The van der Waals surface area contributed by atoms with Crippen molar-refractivity contribution in [3.63, 3.8) is 0 Å². The molecule has 4 heteroatoms. The van der Waals surface area contributed by atoms with Crippen LogP contribution < -0.4 is 5.73 Å². The molecule has 0 radical (unpaired) electrons. The highest BCUT2D eigenvalue weighted by Crippen LogP contribution is 2.17. The number of rotatable bonds is 6. The molecule has 1 rings (SSSR count). The molecule has 0 aliphatic rings. The smallest absolute Gasteiger partial charge is 0.335 e. The van der Waals surface area contributed by atoms with Gasteiger partial charge in [-0.2, -0.15) is 11.8 Å². The monoisotopic (exact) mass is 239 g/mol. The van der Waals surface area contributed by atoms with E-state index in [2.05, 4.69) is 6.92 Å². The van der Waals surface area contributed by atoms with Gasteiger partial charge in [0.25, 0.3) is 0 Å². The molecule has 0 saturated heterocycles. The summed E-state index contributed by atoms with van der Waals surface area (Å²) < 4.78 is 0. The lowest BCUT2D eigenvalue weighted by Crippen LogP contribution is -2.21. The van der Waals surface area contributed by atoms with Crippen LogP contribution in [0, 0.1) is 0 Å². The van der Waals surface area contributed by atoms with Crippen molar-refractivity contribution in [2.45, 2.75) is 25.1 Å². The summed E-state index contributed by atoms with van der Waals surface area (Å²) in [4.78, 5) is 10.9. The summed E-state index contributed by atoms with van der Waals surface area (Å²) in [6, 6.07) is 7.30. The molecule has 0 bridgehead atoms. The van der Waals surface area contributed by atoms with Crippen molar-refractivity contribution in [1.29, 1.82) is 0 Å². The first-order valence-corrected chi connectivity index (χ1v) is 6.45. The molecular formula is C12H17NO2S. The number of hydrogen-bond acceptors (Lipinski definition) is 3. The molecule has 0 fully saturated rings. The van der Waals surface area contributed by atoms with Gasteiger partial charge in [-0.05, 0) is 18.1 Å². The van der Waals surface area contributed by atoms with Gasteiger partial charge >= 0.3 is 5.97 Å². The number of aromatic carboxylic acids is 1. The van der Waals surface area contributed by atoms with Crippen molar-refractivity contribution in [3.05, 3.63) is 35.4 Å². The average Bonchev–Trinajstić information content (AvgIpc) is 2.29. The summed E-state index contributed by atoms with van der Waals surface area (Å²) in [6.45, 7) is 2.05. The standard InChI is InChI=1S/C12H17NO2S/c1-2-10(13)8-16-7-9-5-3-4-6-11(9)12(14)15/h3-6,10H,2,7-8,13H2,1H3,(H,14,15). The lowest BCUT2D eigenvalue weighted by molar-refractivity contribution is 0.0696. The molecule has 0 saturated carbocycles. The molecule has 88 valence electrons. The molecule has 0 aliphatic carbocycles. The van der Waals surface area contributed by atoms with E-state index < -0.39 is 5.97 Å². The molecule has 1 aromatic carbocycles. The topological polar surface area (TPSA) is 63.3 Å². The fraction of sp³-hybridized carbons (Fsp3) is 0.417. The number of nitrogens with two attached hydrogens (primary N) is 1. The molecule has 0 spiro atoms. The molecular weight excluding hydrogens is 222 g/mol. The molecule has 0 heterocycles. The summed E-state index contributed by atoms with van der Waals surface area (Å²) >= 11 is 1.68. The van der Waals surface area contributed by atoms with Crippen LogP contribution in [0.3, 0.4) is 0 Å². The Labute approximate surface area is 100 Å². The van der Waals surface area contributed by atoms with Crippen LogP contribution in [-0.4, -0.2) is 22.9 Å². The molecule has 0 aromatic heterocycles. The Hall–Kier alpha value is -1.00. The van der Waals surface area contributed by atoms with Gasteiger partial charge < -0.3 is 10.8 Å². The Morgan fingerprint density at radius 2 is 2.19 bits per heavy atom. The number of thioether (sulfide) groups is 1. The van der Waals surface area contributed by atoms with Gasteiger partial charge in [0.15, 0.2) is 0 Å². The van der Waals surface area contributed by atoms with E-state index in [1.165, 1.54) is 0 Å². The van der Waals surface area contributed by atoms with Gasteiger partial charge in [-0.15, -0.1) is 0 Å². The molecule has 1 unspecified atom stereocenters. The second-order valence-corrected chi connectivity index (χ2v) is 4.68. The largest absolute Gasteiger partial charge is 0.478 e. The maximum atomic E-state index is 10.9. The molecule has 16 heavy (non-hydrogen) atoms. The first-order chi connectivity index (χ1) is 7.65. The molecule has 3 N–H and O–H groups in total. The van der Waals surface area contributed by atoms with Crippen LogP contribution in [0.15, 0.2) is 24.3 Å². The van der Waals surface area contributed by atoms with E-state index in [1.807, 2.05) is 12.1 Å². The second-order valence-electron chi connectivity index (χ2n) is 3.65. The normalized spacial score (nSPS) is 12.4. The zero-order valence-electron chi connectivity index (χ0n) is 9.35. The van der Waals surface area contributed by atoms with Crippen molar-refractivity contribution in [3.8, 4) is 0 Å². The van der Waals surface area contributed by atoms with Gasteiger partial charge in [-0.25, -0.2) is 4.79 Å². The van der Waals surface area contributed by atoms with Crippen LogP contribution >= 0.6 is 11.8 Å². The van der Waals surface area contributed by atoms with E-state index >= 15 is 0 Å². The fourth-order valence-electron chi connectivity index (χ4n) is 1.29. The van der Waals surface area contributed by atoms with Crippen LogP contribution in [0.1, 0.15) is 29.3 Å². The van der Waals surface area contributed by atoms with E-state index in [4.69, 9.17) is 10.8 Å². The quantitative estimate of drug-likeness (QED) is 0.800. The number of carbonyl (C=O) groups is 1. The van der Waals surface area contributed by atoms with Crippen molar-refractivity contribution in [2.75, 3.05) is 5.75 Å². The summed E-state index contributed by atoms with van der Waals surface area (Å²) in [5, 5.41) is 8.99. The van der Waals surface area contributed by atoms with Gasteiger partial charge in [-0.3, -0.25) is 0 Å². The van der Waals surface area contributed by atoms with Crippen molar-refractivity contribution >= 4 is 17.7 Å². The number of carboxylic acids is 1. The number of hydrogen-bond donors (Lipinski definition) is 2. The third-order valence-corrected chi connectivity index (χ3v) is 3.54. The Balaban J connectivity index is 2.56. The minimum absolute atomic E-state index is 0.196. The Kier molecular flexibility index (Phi) is 5.35. The van der Waals surface area contributed by atoms with Gasteiger partial charge in [0.2, 0.25) is 0 Å². The van der Waals surface area contributed by atoms with Crippen LogP contribution in [0.5, 0.6) is 0 Å². The Morgan fingerprint density at radius 3 is 2.81 bits per heavy atom. The highest BCUT2D eigenvalue weighted by Gasteiger charge is 2.09. The molecule has 3 nitrogen and oxygen atoms in total. The predicted octanol–water partition coefficient (Wildman–Crippen LogP) is 2.36. The lowest BCUT2D eigenvalue weighted by Gasteiger charge is -2.09. The molecule has 0 amide bonds. The summed E-state index contributed by atoms with van der Waals surface area (Å²) in [5.41, 5.74) is 7.05. The number of benzene rings is 1. The highest BCUT2D eigenvalue weighted by atomic mass is 32.2. The zero-order valence-corrected chi connectivity index (χ0v) is 10.2. The average molecular weight is 239 g/mol. The van der Waals surface area contributed by atoms with E-state index in [-0.39, 0.29) is 6.04 Å². The zero-order chi connectivity index (χ0) is 12.0. The lowest BCUT2D eigenvalue weighted by atomic mass is 10.1. The first-order valence-electron chi connectivity index (χ1n) is 5.29. The predicted molar refractivity (Wildman–Crippen MR) is 67.8 cm³/mol. The van der Waals surface area contributed by atoms with E-state index in [1.54, 1.807) is 23.9 Å². The van der Waals surface area contributed by atoms with E-state index in [0.29, 0.717) is 11.3 Å². The van der Waals surface area contributed by atoms with E-state index in [0.717, 1.165) is 17.7 Å². The highest BCUT2D eigenvalue weighted by molar-refractivity contribution is 7.98. The number of carboxylic acid groups (broad SMARTS) is 1. The van der Waals surface area contributed by atoms with Gasteiger partial charge in [0.05, 0.1) is 5.56 Å². The van der Waals surface area contributed by atoms with Gasteiger partial charge in [0.1, 0.15) is 0 Å². The minimum Gasteiger partial charge on any atom is -0.478 e.